The van der Waals surface area contributed by atoms with Crippen LogP contribution in [0.4, 0.5) is 5.69 Å². The summed E-state index contributed by atoms with van der Waals surface area (Å²) in [6.07, 6.45) is 2.30. The third kappa shape index (κ3) is 4.78. The van der Waals surface area contributed by atoms with E-state index < -0.39 is 0 Å². The number of aryl methyl sites for hydroxylation is 1. The number of hydrogen-bond acceptors (Lipinski definition) is 2. The standard InChI is InChI=1S/C15H26N2/c1-13(2)9-12-17(11-6-10-16)15-8-5-4-7-14(15)3/h4-5,7-8,13H,6,9-12,16H2,1-3H3. The highest BCUT2D eigenvalue weighted by molar-refractivity contribution is 5.52. The van der Waals surface area contributed by atoms with Gasteiger partial charge in [-0.15, -0.1) is 0 Å². The predicted molar refractivity (Wildman–Crippen MR) is 76.5 cm³/mol. The molecule has 0 spiro atoms. The molecule has 0 radical (unpaired) electrons. The van der Waals surface area contributed by atoms with Gasteiger partial charge in [0.25, 0.3) is 0 Å². The van der Waals surface area contributed by atoms with Gasteiger partial charge in [0.2, 0.25) is 0 Å². The van der Waals surface area contributed by atoms with Crippen LogP contribution >= 0.6 is 0 Å². The van der Waals surface area contributed by atoms with Gasteiger partial charge in [-0.1, -0.05) is 32.0 Å². The average molecular weight is 234 g/mol. The molecule has 2 nitrogen and oxygen atoms in total. The van der Waals surface area contributed by atoms with Crippen molar-refractivity contribution in [2.45, 2.75) is 33.6 Å². The zero-order valence-corrected chi connectivity index (χ0v) is 11.4. The zero-order valence-electron chi connectivity index (χ0n) is 11.4. The molecule has 0 bridgehead atoms. The second kappa shape index (κ2) is 7.33. The summed E-state index contributed by atoms with van der Waals surface area (Å²) in [5.74, 6) is 0.749. The second-order valence-electron chi connectivity index (χ2n) is 5.10. The largest absolute Gasteiger partial charge is 0.371 e. The molecule has 17 heavy (non-hydrogen) atoms. The van der Waals surface area contributed by atoms with Crippen molar-refractivity contribution in [3.8, 4) is 0 Å². The lowest BCUT2D eigenvalue weighted by Crippen LogP contribution is -2.28. The number of hydrogen-bond donors (Lipinski definition) is 1. The van der Waals surface area contributed by atoms with Crippen LogP contribution in [-0.2, 0) is 0 Å². The maximum absolute atomic E-state index is 5.62. The Morgan fingerprint density at radius 3 is 2.47 bits per heavy atom. The topological polar surface area (TPSA) is 29.3 Å². The minimum absolute atomic E-state index is 0.749. The molecule has 0 aliphatic rings. The number of nitrogens with zero attached hydrogens (tertiary/aromatic N) is 1. The van der Waals surface area contributed by atoms with Crippen LogP contribution in [-0.4, -0.2) is 19.6 Å². The summed E-state index contributed by atoms with van der Waals surface area (Å²) in [6.45, 7) is 9.69. The Morgan fingerprint density at radius 1 is 1.18 bits per heavy atom. The molecule has 0 saturated heterocycles. The lowest BCUT2D eigenvalue weighted by Gasteiger charge is -2.27. The second-order valence-corrected chi connectivity index (χ2v) is 5.10. The number of nitrogens with two attached hydrogens (primary N) is 1. The van der Waals surface area contributed by atoms with Gasteiger partial charge >= 0.3 is 0 Å². The molecular weight excluding hydrogens is 208 g/mol. The van der Waals surface area contributed by atoms with Gasteiger partial charge in [-0.25, -0.2) is 0 Å². The van der Waals surface area contributed by atoms with Crippen LogP contribution in [0.2, 0.25) is 0 Å². The lowest BCUT2D eigenvalue weighted by molar-refractivity contribution is 0.568. The quantitative estimate of drug-likeness (QED) is 0.785. The van der Waals surface area contributed by atoms with E-state index in [9.17, 15) is 0 Å². The van der Waals surface area contributed by atoms with Gasteiger partial charge in [-0.3, -0.25) is 0 Å². The Hall–Kier alpha value is -1.02. The normalized spacial score (nSPS) is 10.9. The van der Waals surface area contributed by atoms with Crippen molar-refractivity contribution >= 4 is 5.69 Å². The minimum atomic E-state index is 0.749. The molecule has 0 aliphatic heterocycles. The van der Waals surface area contributed by atoms with E-state index in [1.54, 1.807) is 0 Å². The van der Waals surface area contributed by atoms with Gasteiger partial charge in [-0.2, -0.15) is 0 Å². The number of anilines is 1. The summed E-state index contributed by atoms with van der Waals surface area (Å²) in [7, 11) is 0. The summed E-state index contributed by atoms with van der Waals surface area (Å²) in [6, 6.07) is 8.61. The van der Waals surface area contributed by atoms with Gasteiger partial charge in [0.15, 0.2) is 0 Å². The Morgan fingerprint density at radius 2 is 1.88 bits per heavy atom. The highest BCUT2D eigenvalue weighted by atomic mass is 15.1. The molecule has 1 aromatic carbocycles. The van der Waals surface area contributed by atoms with Crippen molar-refractivity contribution in [3.63, 3.8) is 0 Å². The zero-order chi connectivity index (χ0) is 12.7. The highest BCUT2D eigenvalue weighted by Gasteiger charge is 2.08. The minimum Gasteiger partial charge on any atom is -0.371 e. The first kappa shape index (κ1) is 14.0. The average Bonchev–Trinajstić information content (AvgIpc) is 2.30. The van der Waals surface area contributed by atoms with E-state index in [0.717, 1.165) is 32.0 Å². The molecule has 2 N–H and O–H groups in total. The Labute approximate surface area is 106 Å². The molecule has 2 heteroatoms. The summed E-state index contributed by atoms with van der Waals surface area (Å²) < 4.78 is 0. The van der Waals surface area contributed by atoms with Gasteiger partial charge in [-0.05, 0) is 43.9 Å². The van der Waals surface area contributed by atoms with E-state index in [1.165, 1.54) is 17.7 Å². The van der Waals surface area contributed by atoms with Crippen LogP contribution in [0.3, 0.4) is 0 Å². The summed E-state index contributed by atoms with van der Waals surface area (Å²) in [5.41, 5.74) is 8.34. The van der Waals surface area contributed by atoms with Gasteiger partial charge in [0.05, 0.1) is 0 Å². The van der Waals surface area contributed by atoms with E-state index in [4.69, 9.17) is 5.73 Å². The van der Waals surface area contributed by atoms with Crippen molar-refractivity contribution < 1.29 is 0 Å². The van der Waals surface area contributed by atoms with Crippen LogP contribution in [0.5, 0.6) is 0 Å². The summed E-state index contributed by atoms with van der Waals surface area (Å²) in [4.78, 5) is 2.47. The molecule has 0 atom stereocenters. The van der Waals surface area contributed by atoms with Crippen LogP contribution in [0.25, 0.3) is 0 Å². The Balaban J connectivity index is 2.71. The van der Waals surface area contributed by atoms with E-state index >= 15 is 0 Å². The molecule has 0 fully saturated rings. The maximum Gasteiger partial charge on any atom is 0.0395 e. The molecule has 0 saturated carbocycles. The van der Waals surface area contributed by atoms with Crippen LogP contribution in [0.15, 0.2) is 24.3 Å². The first-order chi connectivity index (χ1) is 8.15. The van der Waals surface area contributed by atoms with Crippen LogP contribution < -0.4 is 10.6 Å². The van der Waals surface area contributed by atoms with E-state index in [2.05, 4.69) is 49.9 Å². The molecule has 1 aromatic rings. The number of rotatable bonds is 7. The van der Waals surface area contributed by atoms with Crippen LogP contribution in [0.1, 0.15) is 32.3 Å². The Bertz CT molecular complexity index is 320. The fourth-order valence-electron chi connectivity index (χ4n) is 1.97. The fourth-order valence-corrected chi connectivity index (χ4v) is 1.97. The van der Waals surface area contributed by atoms with Gasteiger partial charge in [0.1, 0.15) is 0 Å². The van der Waals surface area contributed by atoms with Crippen molar-refractivity contribution in [2.75, 3.05) is 24.5 Å². The molecule has 0 unspecified atom stereocenters. The summed E-state index contributed by atoms with van der Waals surface area (Å²) in [5, 5.41) is 0. The lowest BCUT2D eigenvalue weighted by atomic mass is 10.1. The summed E-state index contributed by atoms with van der Waals surface area (Å²) >= 11 is 0. The molecule has 0 heterocycles. The predicted octanol–water partition coefficient (Wildman–Crippen LogP) is 3.20. The van der Waals surface area contributed by atoms with E-state index in [-0.39, 0.29) is 0 Å². The molecule has 96 valence electrons. The van der Waals surface area contributed by atoms with Crippen molar-refractivity contribution in [3.05, 3.63) is 29.8 Å². The number of para-hydroxylation sites is 1. The monoisotopic (exact) mass is 234 g/mol. The molecular formula is C15H26N2. The highest BCUT2D eigenvalue weighted by Crippen LogP contribution is 2.20. The fraction of sp³-hybridized carbons (Fsp3) is 0.600. The Kier molecular flexibility index (Phi) is 6.06. The van der Waals surface area contributed by atoms with Crippen molar-refractivity contribution in [1.82, 2.24) is 0 Å². The third-order valence-corrected chi connectivity index (χ3v) is 3.06. The first-order valence-corrected chi connectivity index (χ1v) is 6.65. The molecule has 0 aliphatic carbocycles. The first-order valence-electron chi connectivity index (χ1n) is 6.65. The third-order valence-electron chi connectivity index (χ3n) is 3.06. The van der Waals surface area contributed by atoms with Crippen molar-refractivity contribution in [2.24, 2.45) is 11.7 Å². The van der Waals surface area contributed by atoms with E-state index in [1.807, 2.05) is 0 Å². The maximum atomic E-state index is 5.62. The van der Waals surface area contributed by atoms with E-state index in [0.29, 0.717) is 0 Å². The van der Waals surface area contributed by atoms with Crippen molar-refractivity contribution in [1.29, 1.82) is 0 Å². The molecule has 1 rings (SSSR count). The number of benzene rings is 1. The smallest absolute Gasteiger partial charge is 0.0395 e. The van der Waals surface area contributed by atoms with Gasteiger partial charge in [0, 0.05) is 18.8 Å². The SMILES string of the molecule is Cc1ccccc1N(CCCN)CCC(C)C. The molecule has 0 aromatic heterocycles. The van der Waals surface area contributed by atoms with Gasteiger partial charge < -0.3 is 10.6 Å². The molecule has 0 amide bonds. The van der Waals surface area contributed by atoms with Crippen LogP contribution in [0, 0.1) is 12.8 Å².